The molecule has 1 heterocycles. The molecule has 2 heteroatoms. The van der Waals surface area contributed by atoms with Crippen LogP contribution in [0.2, 0.25) is 0 Å². The Morgan fingerprint density at radius 1 is 1.47 bits per heavy atom. The van der Waals surface area contributed by atoms with Crippen molar-refractivity contribution in [3.63, 3.8) is 0 Å². The Morgan fingerprint density at radius 2 is 2.18 bits per heavy atom. The number of hydrogen-bond donors (Lipinski definition) is 1. The van der Waals surface area contributed by atoms with Gasteiger partial charge in [0.25, 0.3) is 0 Å². The highest BCUT2D eigenvalue weighted by atomic mass is 15.2. The second-order valence-corrected chi connectivity index (χ2v) is 6.08. The van der Waals surface area contributed by atoms with E-state index in [4.69, 9.17) is 0 Å². The van der Waals surface area contributed by atoms with Gasteiger partial charge in [-0.2, -0.15) is 0 Å². The maximum Gasteiger partial charge on any atom is 0.0278 e. The molecule has 0 bridgehead atoms. The zero-order chi connectivity index (χ0) is 12.9. The van der Waals surface area contributed by atoms with Gasteiger partial charge in [0.1, 0.15) is 0 Å². The number of rotatable bonds is 5. The maximum absolute atomic E-state index is 3.74. The second-order valence-electron chi connectivity index (χ2n) is 6.08. The van der Waals surface area contributed by atoms with Crippen molar-refractivity contribution in [1.82, 2.24) is 10.2 Å². The van der Waals surface area contributed by atoms with E-state index in [-0.39, 0.29) is 0 Å². The van der Waals surface area contributed by atoms with E-state index < -0.39 is 0 Å². The maximum atomic E-state index is 3.74. The van der Waals surface area contributed by atoms with Crippen molar-refractivity contribution in [3.05, 3.63) is 12.2 Å². The van der Waals surface area contributed by atoms with Crippen LogP contribution in [-0.2, 0) is 0 Å². The summed E-state index contributed by atoms with van der Waals surface area (Å²) in [7, 11) is 0. The van der Waals surface area contributed by atoms with Gasteiger partial charge >= 0.3 is 0 Å². The fourth-order valence-corrected chi connectivity index (χ4v) is 2.59. The lowest BCUT2D eigenvalue weighted by atomic mass is 9.91. The molecule has 0 radical (unpaired) electrons. The van der Waals surface area contributed by atoms with Gasteiger partial charge in [-0.15, -0.1) is 0 Å². The van der Waals surface area contributed by atoms with Crippen molar-refractivity contribution in [3.8, 4) is 0 Å². The Balaban J connectivity index is 2.65. The summed E-state index contributed by atoms with van der Waals surface area (Å²) in [5, 5.41) is 3.74. The van der Waals surface area contributed by atoms with Crippen molar-refractivity contribution >= 4 is 0 Å². The Hall–Kier alpha value is -0.340. The summed E-state index contributed by atoms with van der Waals surface area (Å²) < 4.78 is 0. The molecule has 1 fully saturated rings. The van der Waals surface area contributed by atoms with Crippen molar-refractivity contribution in [1.29, 1.82) is 0 Å². The van der Waals surface area contributed by atoms with E-state index in [1.54, 1.807) is 0 Å². The molecule has 1 N–H and O–H groups in total. The molecule has 0 aliphatic carbocycles. The third kappa shape index (κ3) is 4.44. The Morgan fingerprint density at radius 3 is 2.71 bits per heavy atom. The van der Waals surface area contributed by atoms with E-state index in [0.29, 0.717) is 11.6 Å². The van der Waals surface area contributed by atoms with E-state index in [0.717, 1.165) is 19.0 Å². The number of allylic oxidation sites excluding steroid dienone is 1. The minimum absolute atomic E-state index is 0.301. The summed E-state index contributed by atoms with van der Waals surface area (Å²) in [4.78, 5) is 2.65. The van der Waals surface area contributed by atoms with Gasteiger partial charge in [-0.3, -0.25) is 4.90 Å². The zero-order valence-corrected chi connectivity index (χ0v) is 12.3. The molecule has 1 aliphatic rings. The van der Waals surface area contributed by atoms with Crippen LogP contribution in [0.4, 0.5) is 0 Å². The molecule has 17 heavy (non-hydrogen) atoms. The van der Waals surface area contributed by atoms with Gasteiger partial charge in [0.2, 0.25) is 0 Å². The highest BCUT2D eigenvalue weighted by Crippen LogP contribution is 2.22. The molecule has 0 aromatic heterocycles. The third-order valence-corrected chi connectivity index (χ3v) is 3.93. The fraction of sp³-hybridized carbons (Fsp3) is 0.867. The normalized spacial score (nSPS) is 31.5. The van der Waals surface area contributed by atoms with Crippen molar-refractivity contribution < 1.29 is 0 Å². The molecule has 0 saturated carbocycles. The molecule has 0 aromatic carbocycles. The van der Waals surface area contributed by atoms with Gasteiger partial charge in [0.05, 0.1) is 0 Å². The molecule has 0 amide bonds. The molecule has 100 valence electrons. The van der Waals surface area contributed by atoms with Gasteiger partial charge in [0.15, 0.2) is 0 Å². The van der Waals surface area contributed by atoms with E-state index in [1.165, 1.54) is 19.4 Å². The van der Waals surface area contributed by atoms with Gasteiger partial charge in [-0.1, -0.05) is 32.9 Å². The summed E-state index contributed by atoms with van der Waals surface area (Å²) in [5.74, 6) is 0.779. The van der Waals surface area contributed by atoms with E-state index >= 15 is 0 Å². The average Bonchev–Trinajstić information content (AvgIpc) is 2.29. The number of nitrogens with zero attached hydrogens (tertiary/aromatic N) is 1. The lowest BCUT2D eigenvalue weighted by molar-refractivity contribution is 0.0836. The number of hydrogen-bond acceptors (Lipinski definition) is 2. The second kappa shape index (κ2) is 6.55. The van der Waals surface area contributed by atoms with Crippen LogP contribution in [0.25, 0.3) is 0 Å². The van der Waals surface area contributed by atoms with Crippen LogP contribution in [-0.4, -0.2) is 36.1 Å². The molecular weight excluding hydrogens is 208 g/mol. The van der Waals surface area contributed by atoms with Gasteiger partial charge in [-0.05, 0) is 32.6 Å². The zero-order valence-electron chi connectivity index (χ0n) is 12.3. The summed E-state index contributed by atoms with van der Waals surface area (Å²) >= 11 is 0. The molecule has 1 rings (SSSR count). The Bertz CT molecular complexity index is 247. The lowest BCUT2D eigenvalue weighted by Gasteiger charge is -2.46. The van der Waals surface area contributed by atoms with Crippen LogP contribution < -0.4 is 5.32 Å². The first kappa shape index (κ1) is 14.7. The molecule has 2 nitrogen and oxygen atoms in total. The molecule has 0 aromatic rings. The van der Waals surface area contributed by atoms with Crippen LogP contribution in [0.3, 0.4) is 0 Å². The summed E-state index contributed by atoms with van der Waals surface area (Å²) in [6, 6.07) is 0.700. The van der Waals surface area contributed by atoms with Crippen LogP contribution in [0.5, 0.6) is 0 Å². The van der Waals surface area contributed by atoms with Crippen molar-refractivity contribution in [2.75, 3.05) is 19.6 Å². The van der Waals surface area contributed by atoms with Crippen molar-refractivity contribution in [2.24, 2.45) is 5.92 Å². The van der Waals surface area contributed by atoms with Crippen LogP contribution >= 0.6 is 0 Å². The first-order chi connectivity index (χ1) is 8.00. The van der Waals surface area contributed by atoms with E-state index in [2.05, 4.69) is 57.0 Å². The first-order valence-corrected chi connectivity index (χ1v) is 7.11. The average molecular weight is 238 g/mol. The minimum Gasteiger partial charge on any atom is -0.309 e. The molecular formula is C15H30N2. The van der Waals surface area contributed by atoms with E-state index in [1.807, 2.05) is 0 Å². The number of nitrogens with one attached hydrogen (secondary N) is 1. The minimum atomic E-state index is 0.301. The topological polar surface area (TPSA) is 15.3 Å². The lowest BCUT2D eigenvalue weighted by Crippen LogP contribution is -2.62. The van der Waals surface area contributed by atoms with E-state index in [9.17, 15) is 0 Å². The Labute approximate surface area is 107 Å². The molecule has 1 aliphatic heterocycles. The van der Waals surface area contributed by atoms with Crippen LogP contribution in [0, 0.1) is 5.92 Å². The third-order valence-electron chi connectivity index (χ3n) is 3.93. The quantitative estimate of drug-likeness (QED) is 0.741. The SMILES string of the molecule is C/C=C/CN1CC(C)(CC)NCC1CC(C)C. The predicted octanol–water partition coefficient (Wildman–Crippen LogP) is 3.05. The molecule has 1 saturated heterocycles. The largest absolute Gasteiger partial charge is 0.309 e. The van der Waals surface area contributed by atoms with Gasteiger partial charge < -0.3 is 5.32 Å². The highest BCUT2D eigenvalue weighted by Gasteiger charge is 2.33. The fourth-order valence-electron chi connectivity index (χ4n) is 2.59. The molecule has 2 atom stereocenters. The van der Waals surface area contributed by atoms with Gasteiger partial charge in [0, 0.05) is 31.2 Å². The number of piperazine rings is 1. The monoisotopic (exact) mass is 238 g/mol. The molecule has 2 unspecified atom stereocenters. The smallest absolute Gasteiger partial charge is 0.0278 e. The Kier molecular flexibility index (Phi) is 5.68. The summed E-state index contributed by atoms with van der Waals surface area (Å²) in [5.41, 5.74) is 0.301. The first-order valence-electron chi connectivity index (χ1n) is 7.11. The van der Waals surface area contributed by atoms with Crippen molar-refractivity contribution in [2.45, 2.75) is 59.0 Å². The van der Waals surface area contributed by atoms with Gasteiger partial charge in [-0.25, -0.2) is 0 Å². The summed E-state index contributed by atoms with van der Waals surface area (Å²) in [6.45, 7) is 14.8. The predicted molar refractivity (Wildman–Crippen MR) is 76.3 cm³/mol. The van der Waals surface area contributed by atoms with Crippen LogP contribution in [0.1, 0.15) is 47.5 Å². The van der Waals surface area contributed by atoms with Crippen LogP contribution in [0.15, 0.2) is 12.2 Å². The highest BCUT2D eigenvalue weighted by molar-refractivity contribution is 4.97. The summed E-state index contributed by atoms with van der Waals surface area (Å²) in [6.07, 6.45) is 6.95. The standard InChI is InChI=1S/C15H30N2/c1-6-8-9-17-12-15(5,7-2)16-11-14(17)10-13(3)4/h6,8,13-14,16H,7,9-12H2,1-5H3/b8-6+. The molecule has 0 spiro atoms.